The third kappa shape index (κ3) is 3.25. The van der Waals surface area contributed by atoms with E-state index in [0.29, 0.717) is 0 Å². The van der Waals surface area contributed by atoms with Crippen molar-refractivity contribution in [3.8, 4) is 0 Å². The zero-order valence-electron chi connectivity index (χ0n) is 9.68. The minimum atomic E-state index is 0.828. The maximum absolute atomic E-state index is 5.59. The second kappa shape index (κ2) is 5.92. The van der Waals surface area contributed by atoms with E-state index in [4.69, 9.17) is 5.73 Å². The van der Waals surface area contributed by atoms with Crippen molar-refractivity contribution < 1.29 is 0 Å². The quantitative estimate of drug-likeness (QED) is 0.823. The van der Waals surface area contributed by atoms with E-state index < -0.39 is 0 Å². The van der Waals surface area contributed by atoms with Gasteiger partial charge in [0.1, 0.15) is 0 Å². The van der Waals surface area contributed by atoms with Crippen LogP contribution >= 0.6 is 0 Å². The second-order valence-corrected chi connectivity index (χ2v) is 4.49. The molecule has 88 valence electrons. The Balaban J connectivity index is 1.77. The molecule has 1 saturated heterocycles. The van der Waals surface area contributed by atoms with Crippen LogP contribution in [0.25, 0.3) is 0 Å². The van der Waals surface area contributed by atoms with Gasteiger partial charge in [-0.25, -0.2) is 0 Å². The van der Waals surface area contributed by atoms with E-state index in [9.17, 15) is 0 Å². The van der Waals surface area contributed by atoms with E-state index in [0.717, 1.165) is 24.7 Å². The molecule has 0 radical (unpaired) electrons. The molecule has 0 unspecified atom stereocenters. The van der Waals surface area contributed by atoms with Gasteiger partial charge in [-0.2, -0.15) is 0 Å². The fraction of sp³-hybridized carbons (Fsp3) is 0.667. The van der Waals surface area contributed by atoms with Crippen molar-refractivity contribution in [1.82, 2.24) is 14.9 Å². The van der Waals surface area contributed by atoms with Crippen molar-refractivity contribution in [1.29, 1.82) is 0 Å². The van der Waals surface area contributed by atoms with Crippen LogP contribution in [-0.2, 0) is 6.54 Å². The summed E-state index contributed by atoms with van der Waals surface area (Å²) in [5.74, 6) is 0.836. The Hall–Kier alpha value is -1.00. The van der Waals surface area contributed by atoms with Crippen LogP contribution in [0.2, 0.25) is 0 Å². The third-order valence-corrected chi connectivity index (χ3v) is 3.28. The van der Waals surface area contributed by atoms with Crippen LogP contribution in [0.4, 0.5) is 0 Å². The smallest absolute Gasteiger partial charge is 0.0726 e. The third-order valence-electron chi connectivity index (χ3n) is 3.28. The summed E-state index contributed by atoms with van der Waals surface area (Å²) in [4.78, 5) is 10.8. The highest BCUT2D eigenvalue weighted by Gasteiger charge is 2.18. The summed E-state index contributed by atoms with van der Waals surface area (Å²) in [6.45, 7) is 4.10. The van der Waals surface area contributed by atoms with Gasteiger partial charge in [-0.3, -0.25) is 14.9 Å². The van der Waals surface area contributed by atoms with Crippen molar-refractivity contribution in [2.45, 2.75) is 25.8 Å². The highest BCUT2D eigenvalue weighted by molar-refractivity contribution is 4.94. The Morgan fingerprint density at radius 2 is 2.12 bits per heavy atom. The summed E-state index contributed by atoms with van der Waals surface area (Å²) < 4.78 is 0. The Kier molecular flexibility index (Phi) is 4.25. The van der Waals surface area contributed by atoms with Crippen LogP contribution in [0, 0.1) is 5.92 Å². The van der Waals surface area contributed by atoms with Gasteiger partial charge in [-0.15, -0.1) is 0 Å². The molecule has 0 saturated carbocycles. The lowest BCUT2D eigenvalue weighted by Crippen LogP contribution is -2.34. The molecule has 0 aromatic carbocycles. The molecule has 4 heteroatoms. The van der Waals surface area contributed by atoms with Crippen LogP contribution in [0.1, 0.15) is 25.0 Å². The van der Waals surface area contributed by atoms with Crippen molar-refractivity contribution in [3.05, 3.63) is 24.3 Å². The molecule has 2 heterocycles. The van der Waals surface area contributed by atoms with Gasteiger partial charge in [0.15, 0.2) is 0 Å². The minimum Gasteiger partial charge on any atom is -0.330 e. The monoisotopic (exact) mass is 220 g/mol. The van der Waals surface area contributed by atoms with E-state index in [2.05, 4.69) is 14.9 Å². The largest absolute Gasteiger partial charge is 0.330 e. The summed E-state index contributed by atoms with van der Waals surface area (Å²) in [7, 11) is 0. The van der Waals surface area contributed by atoms with Crippen LogP contribution in [-0.4, -0.2) is 34.5 Å². The molecule has 0 bridgehead atoms. The first kappa shape index (κ1) is 11.5. The van der Waals surface area contributed by atoms with E-state index in [1.807, 2.05) is 6.20 Å². The Morgan fingerprint density at radius 3 is 2.75 bits per heavy atom. The molecule has 16 heavy (non-hydrogen) atoms. The molecule has 2 N–H and O–H groups in total. The van der Waals surface area contributed by atoms with E-state index in [-0.39, 0.29) is 0 Å². The average Bonchev–Trinajstić information content (AvgIpc) is 2.33. The summed E-state index contributed by atoms with van der Waals surface area (Å²) in [5.41, 5.74) is 6.65. The molecule has 4 nitrogen and oxygen atoms in total. The first-order valence-corrected chi connectivity index (χ1v) is 6.06. The first-order chi connectivity index (χ1) is 7.88. The van der Waals surface area contributed by atoms with Crippen molar-refractivity contribution in [3.63, 3.8) is 0 Å². The predicted octanol–water partition coefficient (Wildman–Crippen LogP) is 1.04. The van der Waals surface area contributed by atoms with Crippen LogP contribution in [0.3, 0.4) is 0 Å². The lowest BCUT2D eigenvalue weighted by atomic mass is 9.93. The topological polar surface area (TPSA) is 55.0 Å². The molecule has 1 aromatic heterocycles. The number of rotatable bonds is 4. The number of nitrogens with zero attached hydrogens (tertiary/aromatic N) is 3. The number of nitrogens with two attached hydrogens (primary N) is 1. The Morgan fingerprint density at radius 1 is 1.31 bits per heavy atom. The van der Waals surface area contributed by atoms with Gasteiger partial charge in [0, 0.05) is 25.1 Å². The van der Waals surface area contributed by atoms with E-state index >= 15 is 0 Å². The molecule has 1 aliphatic rings. The highest BCUT2D eigenvalue weighted by Crippen LogP contribution is 2.20. The standard InChI is InChI=1S/C12H20N4/c13-4-1-11-2-7-16(8-3-11)10-12-9-14-5-6-15-12/h5-6,9,11H,1-4,7-8,10,13H2. The normalized spacial score (nSPS) is 18.8. The second-order valence-electron chi connectivity index (χ2n) is 4.49. The average molecular weight is 220 g/mol. The number of aromatic nitrogens is 2. The molecule has 0 aliphatic carbocycles. The first-order valence-electron chi connectivity index (χ1n) is 6.06. The van der Waals surface area contributed by atoms with Crippen molar-refractivity contribution in [2.24, 2.45) is 11.7 Å². The minimum absolute atomic E-state index is 0.828. The van der Waals surface area contributed by atoms with Crippen LogP contribution < -0.4 is 5.73 Å². The Bertz CT molecular complexity index is 293. The van der Waals surface area contributed by atoms with Crippen molar-refractivity contribution in [2.75, 3.05) is 19.6 Å². The maximum Gasteiger partial charge on any atom is 0.0726 e. The van der Waals surface area contributed by atoms with Gasteiger partial charge in [0.2, 0.25) is 0 Å². The lowest BCUT2D eigenvalue weighted by molar-refractivity contribution is 0.171. The molecule has 0 spiro atoms. The van der Waals surface area contributed by atoms with E-state index in [1.54, 1.807) is 12.4 Å². The molecule has 1 aromatic rings. The summed E-state index contributed by atoms with van der Waals surface area (Å²) in [6, 6.07) is 0. The van der Waals surface area contributed by atoms with E-state index in [1.165, 1.54) is 32.4 Å². The van der Waals surface area contributed by atoms with Crippen molar-refractivity contribution >= 4 is 0 Å². The molecule has 0 amide bonds. The predicted molar refractivity (Wildman–Crippen MR) is 63.7 cm³/mol. The molecule has 2 rings (SSSR count). The fourth-order valence-corrected chi connectivity index (χ4v) is 2.31. The number of likely N-dealkylation sites (tertiary alicyclic amines) is 1. The molecular formula is C12H20N4. The Labute approximate surface area is 96.9 Å². The van der Waals surface area contributed by atoms with Gasteiger partial charge in [0.05, 0.1) is 5.69 Å². The van der Waals surface area contributed by atoms with Gasteiger partial charge < -0.3 is 5.73 Å². The lowest BCUT2D eigenvalue weighted by Gasteiger charge is -2.31. The van der Waals surface area contributed by atoms with Gasteiger partial charge in [-0.1, -0.05) is 0 Å². The molecule has 1 aliphatic heterocycles. The van der Waals surface area contributed by atoms with Gasteiger partial charge in [-0.05, 0) is 44.8 Å². The zero-order chi connectivity index (χ0) is 11.2. The van der Waals surface area contributed by atoms with Crippen LogP contribution in [0.5, 0.6) is 0 Å². The zero-order valence-corrected chi connectivity index (χ0v) is 9.68. The molecular weight excluding hydrogens is 200 g/mol. The highest BCUT2D eigenvalue weighted by atomic mass is 15.1. The van der Waals surface area contributed by atoms with Gasteiger partial charge in [0.25, 0.3) is 0 Å². The molecule has 1 fully saturated rings. The molecule has 0 atom stereocenters. The summed E-state index contributed by atoms with van der Waals surface area (Å²) in [5, 5.41) is 0. The fourth-order valence-electron chi connectivity index (χ4n) is 2.31. The summed E-state index contributed by atoms with van der Waals surface area (Å²) >= 11 is 0. The number of piperidine rings is 1. The van der Waals surface area contributed by atoms with Gasteiger partial charge >= 0.3 is 0 Å². The van der Waals surface area contributed by atoms with Crippen LogP contribution in [0.15, 0.2) is 18.6 Å². The number of hydrogen-bond acceptors (Lipinski definition) is 4. The summed E-state index contributed by atoms with van der Waals surface area (Å²) in [6.07, 6.45) is 9.06. The maximum atomic E-state index is 5.59. The number of hydrogen-bond donors (Lipinski definition) is 1. The SMILES string of the molecule is NCCC1CCN(Cc2cnccn2)CC1.